The van der Waals surface area contributed by atoms with Crippen molar-refractivity contribution < 1.29 is 19.1 Å². The molecule has 8 heteroatoms. The number of hydrogen-bond donors (Lipinski definition) is 1. The molecule has 0 aliphatic heterocycles. The number of ether oxygens (including phenoxy) is 2. The molecule has 6 nitrogen and oxygen atoms in total. The van der Waals surface area contributed by atoms with Gasteiger partial charge in [-0.1, -0.05) is 63.9 Å². The Labute approximate surface area is 198 Å². The van der Waals surface area contributed by atoms with Gasteiger partial charge in [0.1, 0.15) is 11.5 Å². The molecule has 3 aromatic carbocycles. The Morgan fingerprint density at radius 2 is 1.84 bits per heavy atom. The standard InChI is InChI=1S/C24H18BrClN2O4/c25-19-10-11-22(32-24(30)12-9-17-5-2-1-3-6-17)18(13-19)15-27-28-23(29)16-31-21-8-4-7-20(26)14-21/h1-15H,16H2,(H,28,29)/b12-9+,27-15-. The lowest BCUT2D eigenvalue weighted by atomic mass is 10.2. The number of hydrazone groups is 1. The number of amides is 1. The van der Waals surface area contributed by atoms with Gasteiger partial charge in [-0.2, -0.15) is 5.10 Å². The van der Waals surface area contributed by atoms with E-state index in [1.165, 1.54) is 12.3 Å². The molecule has 0 aliphatic rings. The summed E-state index contributed by atoms with van der Waals surface area (Å²) in [5.41, 5.74) is 3.74. The van der Waals surface area contributed by atoms with E-state index in [-0.39, 0.29) is 6.61 Å². The number of rotatable bonds is 8. The van der Waals surface area contributed by atoms with Gasteiger partial charge in [0.15, 0.2) is 6.61 Å². The summed E-state index contributed by atoms with van der Waals surface area (Å²) in [6.45, 7) is -0.234. The first-order valence-electron chi connectivity index (χ1n) is 9.44. The molecule has 0 aliphatic carbocycles. The van der Waals surface area contributed by atoms with Crippen molar-refractivity contribution in [2.45, 2.75) is 0 Å². The molecular formula is C24H18BrClN2O4. The minimum Gasteiger partial charge on any atom is -0.484 e. The van der Waals surface area contributed by atoms with E-state index in [0.717, 1.165) is 10.0 Å². The lowest BCUT2D eigenvalue weighted by Crippen LogP contribution is -2.24. The van der Waals surface area contributed by atoms with Crippen LogP contribution in [-0.4, -0.2) is 24.7 Å². The number of carbonyl (C=O) groups is 2. The van der Waals surface area contributed by atoms with Gasteiger partial charge >= 0.3 is 5.97 Å². The molecule has 0 fully saturated rings. The molecule has 0 heterocycles. The van der Waals surface area contributed by atoms with Crippen molar-refractivity contribution in [2.75, 3.05) is 6.61 Å². The molecule has 0 bridgehead atoms. The van der Waals surface area contributed by atoms with E-state index in [4.69, 9.17) is 21.1 Å². The van der Waals surface area contributed by atoms with Crippen molar-refractivity contribution in [3.05, 3.63) is 99.5 Å². The normalized spacial score (nSPS) is 10.9. The SMILES string of the molecule is O=C(COc1cccc(Cl)c1)N/N=C\c1cc(Br)ccc1OC(=O)/C=C/c1ccccc1. The summed E-state index contributed by atoms with van der Waals surface area (Å²) in [5.74, 6) is -0.226. The van der Waals surface area contributed by atoms with E-state index in [1.54, 1.807) is 48.5 Å². The molecule has 0 saturated carbocycles. The second-order valence-electron chi connectivity index (χ2n) is 6.39. The number of nitrogens with one attached hydrogen (secondary N) is 1. The fourth-order valence-electron chi connectivity index (χ4n) is 2.50. The van der Waals surface area contributed by atoms with E-state index in [1.807, 2.05) is 30.3 Å². The first kappa shape index (κ1) is 23.2. The van der Waals surface area contributed by atoms with Gasteiger partial charge in [-0.05, 0) is 48.0 Å². The van der Waals surface area contributed by atoms with Crippen molar-refractivity contribution in [3.63, 3.8) is 0 Å². The highest BCUT2D eigenvalue weighted by Crippen LogP contribution is 2.22. The third-order valence-corrected chi connectivity index (χ3v) is 4.68. The third kappa shape index (κ3) is 7.68. The maximum absolute atomic E-state index is 12.2. The first-order chi connectivity index (χ1) is 15.5. The number of hydrogen-bond acceptors (Lipinski definition) is 5. The zero-order chi connectivity index (χ0) is 22.8. The zero-order valence-corrected chi connectivity index (χ0v) is 19.0. The Balaban J connectivity index is 1.58. The Bertz CT molecular complexity index is 1150. The van der Waals surface area contributed by atoms with Gasteiger partial charge in [0, 0.05) is 21.1 Å². The van der Waals surface area contributed by atoms with Gasteiger partial charge in [-0.25, -0.2) is 10.2 Å². The molecule has 3 aromatic rings. The number of halogens is 2. The van der Waals surface area contributed by atoms with Gasteiger partial charge in [-0.15, -0.1) is 0 Å². The van der Waals surface area contributed by atoms with E-state index >= 15 is 0 Å². The first-order valence-corrected chi connectivity index (χ1v) is 10.6. The highest BCUT2D eigenvalue weighted by atomic mass is 79.9. The monoisotopic (exact) mass is 512 g/mol. The van der Waals surface area contributed by atoms with Gasteiger partial charge in [0.2, 0.25) is 0 Å². The Morgan fingerprint density at radius 1 is 1.03 bits per heavy atom. The average Bonchev–Trinajstić information content (AvgIpc) is 2.79. The van der Waals surface area contributed by atoms with Gasteiger partial charge in [0.05, 0.1) is 6.21 Å². The van der Waals surface area contributed by atoms with Crippen LogP contribution >= 0.6 is 27.5 Å². The summed E-state index contributed by atoms with van der Waals surface area (Å²) in [6.07, 6.45) is 4.38. The lowest BCUT2D eigenvalue weighted by molar-refractivity contribution is -0.129. The number of benzene rings is 3. The maximum Gasteiger partial charge on any atom is 0.336 e. The molecule has 0 saturated heterocycles. The smallest absolute Gasteiger partial charge is 0.336 e. The van der Waals surface area contributed by atoms with Crippen LogP contribution < -0.4 is 14.9 Å². The second kappa shape index (κ2) is 11.8. The molecule has 32 heavy (non-hydrogen) atoms. The molecule has 0 radical (unpaired) electrons. The molecule has 0 aromatic heterocycles. The van der Waals surface area contributed by atoms with Crippen molar-refractivity contribution in [3.8, 4) is 11.5 Å². The Morgan fingerprint density at radius 3 is 2.62 bits per heavy atom. The third-order valence-electron chi connectivity index (χ3n) is 3.95. The van der Waals surface area contributed by atoms with E-state index < -0.39 is 11.9 Å². The lowest BCUT2D eigenvalue weighted by Gasteiger charge is -2.07. The predicted molar refractivity (Wildman–Crippen MR) is 128 cm³/mol. The molecule has 0 spiro atoms. The van der Waals surface area contributed by atoms with Crippen molar-refractivity contribution in [1.29, 1.82) is 0 Å². The Kier molecular flexibility index (Phi) is 8.60. The van der Waals surface area contributed by atoms with Crippen LogP contribution in [0.5, 0.6) is 11.5 Å². The zero-order valence-electron chi connectivity index (χ0n) is 16.7. The molecule has 0 atom stereocenters. The minimum absolute atomic E-state index is 0.234. The van der Waals surface area contributed by atoms with Crippen LogP contribution in [0, 0.1) is 0 Å². The minimum atomic E-state index is -0.537. The molecule has 3 rings (SSSR count). The maximum atomic E-state index is 12.2. The molecule has 0 unspecified atom stereocenters. The average molecular weight is 514 g/mol. The summed E-state index contributed by atoms with van der Waals surface area (Å²) < 4.78 is 11.5. The van der Waals surface area contributed by atoms with Crippen LogP contribution in [0.2, 0.25) is 5.02 Å². The van der Waals surface area contributed by atoms with Crippen LogP contribution in [-0.2, 0) is 9.59 Å². The second-order valence-corrected chi connectivity index (χ2v) is 7.74. The van der Waals surface area contributed by atoms with Gasteiger partial charge < -0.3 is 9.47 Å². The van der Waals surface area contributed by atoms with E-state index in [0.29, 0.717) is 22.1 Å². The summed E-state index contributed by atoms with van der Waals surface area (Å²) in [6, 6.07) is 21.2. The van der Waals surface area contributed by atoms with E-state index in [2.05, 4.69) is 26.5 Å². The summed E-state index contributed by atoms with van der Waals surface area (Å²) in [5, 5.41) is 4.42. The quantitative estimate of drug-likeness (QED) is 0.147. The highest BCUT2D eigenvalue weighted by Gasteiger charge is 2.08. The van der Waals surface area contributed by atoms with Gasteiger partial charge in [0.25, 0.3) is 5.91 Å². The van der Waals surface area contributed by atoms with Crippen LogP contribution in [0.4, 0.5) is 0 Å². The van der Waals surface area contributed by atoms with Crippen molar-refractivity contribution >= 4 is 51.7 Å². The van der Waals surface area contributed by atoms with Crippen LogP contribution in [0.1, 0.15) is 11.1 Å². The summed E-state index contributed by atoms with van der Waals surface area (Å²) in [4.78, 5) is 24.1. The summed E-state index contributed by atoms with van der Waals surface area (Å²) >= 11 is 9.25. The predicted octanol–water partition coefficient (Wildman–Crippen LogP) is 5.25. The fraction of sp³-hybridized carbons (Fsp3) is 0.0417. The number of esters is 1. The largest absolute Gasteiger partial charge is 0.484 e. The van der Waals surface area contributed by atoms with Crippen LogP contribution in [0.3, 0.4) is 0 Å². The highest BCUT2D eigenvalue weighted by molar-refractivity contribution is 9.10. The topological polar surface area (TPSA) is 77.0 Å². The van der Waals surface area contributed by atoms with Gasteiger partial charge in [-0.3, -0.25) is 4.79 Å². The molecule has 1 amide bonds. The van der Waals surface area contributed by atoms with Crippen LogP contribution in [0.25, 0.3) is 6.08 Å². The number of nitrogens with zero attached hydrogens (tertiary/aromatic N) is 1. The van der Waals surface area contributed by atoms with Crippen molar-refractivity contribution in [2.24, 2.45) is 5.10 Å². The molecule has 1 N–H and O–H groups in total. The van der Waals surface area contributed by atoms with E-state index in [9.17, 15) is 9.59 Å². The fourth-order valence-corrected chi connectivity index (χ4v) is 3.05. The Hall–Kier alpha value is -3.42. The molecular weight excluding hydrogens is 496 g/mol. The van der Waals surface area contributed by atoms with Crippen LogP contribution in [0.15, 0.2) is 88.4 Å². The molecule has 162 valence electrons. The number of carbonyl (C=O) groups excluding carboxylic acids is 2. The summed E-state index contributed by atoms with van der Waals surface area (Å²) in [7, 11) is 0. The van der Waals surface area contributed by atoms with Crippen molar-refractivity contribution in [1.82, 2.24) is 5.43 Å².